The van der Waals surface area contributed by atoms with Gasteiger partial charge in [-0.1, -0.05) is 322 Å². The van der Waals surface area contributed by atoms with Crippen LogP contribution in [0, 0.1) is 71.2 Å². The zero-order chi connectivity index (χ0) is 99.4. The SMILES string of the molecule is CCC1O[C@@H](C(C)(C)C)C(N=[N+]=[N-])[C@@H](C)[C@@H]1C.CCC1O[C@@H](O[C@@H]([C@H](CC)OCc2ccccc2)[C@@H](CO)OCc2ccccc2)C(N=[N+]=[N-])[C@@H](C)[C@@H]1C.CCC1O[C@@H](O[C@@H]([C@H](CO)OCc2ccccc2)[C@@H](CCP=O)OCc2ccccc2)C(N=[N+]=[N-])[C@@H](C)[C@@H]1C.[C-]#[N+]CCOP(=O)(OC[C@@H](C)[C@@H](C)[C@H](CC)OCc1ccccc1)OC[C@H](OCc1ccccc1)[C@H](C)[C@H](C)CCP=O. The number of hydrogen-bond donors (Lipinski definition) is 2. The highest BCUT2D eigenvalue weighted by Gasteiger charge is 2.49. The van der Waals surface area contributed by atoms with Crippen LogP contribution in [0.25, 0.3) is 36.2 Å². The van der Waals surface area contributed by atoms with Crippen molar-refractivity contribution in [2.45, 2.75) is 313 Å². The Morgan fingerprint density at radius 2 is 0.735 bits per heavy atom. The van der Waals surface area contributed by atoms with Crippen molar-refractivity contribution in [1.29, 1.82) is 0 Å². The van der Waals surface area contributed by atoms with Crippen molar-refractivity contribution in [1.82, 2.24) is 0 Å². The second-order valence-corrected chi connectivity index (χ2v) is 40.2. The summed E-state index contributed by atoms with van der Waals surface area (Å²) in [6, 6.07) is 57.9. The molecule has 3 aliphatic rings. The summed E-state index contributed by atoms with van der Waals surface area (Å²) in [5, 5.41) is 33.0. The summed E-state index contributed by atoms with van der Waals surface area (Å²) in [5.41, 5.74) is 33.4. The molecule has 7 unspecified atom stereocenters. The Balaban J connectivity index is 0.000000289. The minimum absolute atomic E-state index is 0.000671. The van der Waals surface area contributed by atoms with E-state index in [2.05, 4.69) is 139 Å². The van der Waals surface area contributed by atoms with Gasteiger partial charge in [0, 0.05) is 27.1 Å². The van der Waals surface area contributed by atoms with Gasteiger partial charge >= 0.3 is 7.82 Å². The van der Waals surface area contributed by atoms with Crippen molar-refractivity contribution < 1.29 is 89.6 Å². The smallest absolute Gasteiger partial charge is 0.394 e. The maximum atomic E-state index is 13.8. The van der Waals surface area contributed by atoms with Gasteiger partial charge in [0.05, 0.1) is 133 Å². The van der Waals surface area contributed by atoms with Crippen molar-refractivity contribution >= 4 is 24.7 Å². The highest BCUT2D eigenvalue weighted by Crippen LogP contribution is 2.51. The Hall–Kier alpha value is -7.47. The number of hydrogen-bond acceptors (Lipinski definition) is 22. The second kappa shape index (κ2) is 64.8. The molecule has 0 amide bonds. The first-order valence-electron chi connectivity index (χ1n) is 48.6. The number of benzene rings is 6. The number of phosphoric ester groups is 1. The van der Waals surface area contributed by atoms with Crippen LogP contribution in [0.1, 0.15) is 203 Å². The monoisotopic (exact) mass is 1940 g/mol. The summed E-state index contributed by atoms with van der Waals surface area (Å²) in [5.74, 6) is 1.57. The summed E-state index contributed by atoms with van der Waals surface area (Å²) in [6.07, 6.45) is 0.371. The number of aliphatic hydroxyl groups is 2. The minimum atomic E-state index is -4.00. The number of phosphoric acid groups is 1. The topological polar surface area (TPSA) is 372 Å². The predicted molar refractivity (Wildman–Crippen MR) is 532 cm³/mol. The molecule has 3 saturated heterocycles. The maximum Gasteiger partial charge on any atom is 0.475 e. The quantitative estimate of drug-likeness (QED) is 0.00894. The molecule has 32 heteroatoms. The molecule has 0 radical (unpaired) electrons. The number of nitrogens with zero attached hydrogens (tertiary/aromatic N) is 10. The van der Waals surface area contributed by atoms with E-state index in [4.69, 9.17) is 77.8 Å². The van der Waals surface area contributed by atoms with Crippen molar-refractivity contribution in [2.24, 2.45) is 79.9 Å². The number of ether oxygens (including phenoxy) is 11. The lowest BCUT2D eigenvalue weighted by molar-refractivity contribution is -0.281. The summed E-state index contributed by atoms with van der Waals surface area (Å²) >= 11 is 0. The van der Waals surface area contributed by atoms with Crippen LogP contribution in [-0.2, 0) is 119 Å². The van der Waals surface area contributed by atoms with Gasteiger partial charge in [-0.05, 0) is 160 Å². The Labute approximate surface area is 813 Å². The fraction of sp³-hybridized carbons (Fsp3) is 0.644. The van der Waals surface area contributed by atoms with Crippen LogP contribution in [0.5, 0.6) is 0 Å². The summed E-state index contributed by atoms with van der Waals surface area (Å²) in [7, 11) is -3.91. The molecule has 6 aromatic carbocycles. The van der Waals surface area contributed by atoms with Crippen LogP contribution in [0.15, 0.2) is 197 Å². The first-order valence-corrected chi connectivity index (χ1v) is 52.0. The molecule has 28 atom stereocenters. The maximum absolute atomic E-state index is 13.8. The molecule has 0 bridgehead atoms. The van der Waals surface area contributed by atoms with Crippen LogP contribution < -0.4 is 0 Å². The van der Waals surface area contributed by atoms with Gasteiger partial charge in [0.15, 0.2) is 29.5 Å². The van der Waals surface area contributed by atoms with E-state index in [1.807, 2.05) is 203 Å². The van der Waals surface area contributed by atoms with Gasteiger partial charge in [-0.3, -0.25) is 22.7 Å². The Morgan fingerprint density at radius 1 is 0.419 bits per heavy atom. The predicted octanol–water partition coefficient (Wildman–Crippen LogP) is 25.4. The molecule has 0 saturated carbocycles. The van der Waals surface area contributed by atoms with Crippen LogP contribution in [0.2, 0.25) is 0 Å². The Morgan fingerprint density at radius 3 is 1.08 bits per heavy atom. The van der Waals surface area contributed by atoms with Crippen LogP contribution in [0.3, 0.4) is 0 Å². The average Bonchev–Trinajstić information content (AvgIpc) is 0.786. The normalized spacial score (nSPS) is 24.7. The molecular formula is C104H155N10O19P3. The molecule has 0 aromatic heterocycles. The van der Waals surface area contributed by atoms with E-state index in [1.165, 1.54) is 0 Å². The van der Waals surface area contributed by atoms with Crippen molar-refractivity contribution in [3.05, 3.63) is 258 Å². The van der Waals surface area contributed by atoms with E-state index in [0.717, 1.165) is 65.5 Å². The fourth-order valence-corrected chi connectivity index (χ4v) is 19.4. The van der Waals surface area contributed by atoms with E-state index in [0.29, 0.717) is 70.0 Å². The Kier molecular flexibility index (Phi) is 55.8. The molecule has 9 rings (SSSR count). The van der Waals surface area contributed by atoms with Gasteiger partial charge in [-0.25, -0.2) is 11.1 Å². The summed E-state index contributed by atoms with van der Waals surface area (Å²) in [6.45, 7) is 46.6. The fourth-order valence-electron chi connectivity index (χ4n) is 17.2. The molecule has 3 aliphatic heterocycles. The lowest BCUT2D eigenvalue weighted by Crippen LogP contribution is -2.54. The van der Waals surface area contributed by atoms with Crippen molar-refractivity contribution in [3.63, 3.8) is 0 Å². The van der Waals surface area contributed by atoms with E-state index in [1.54, 1.807) is 0 Å². The lowest BCUT2D eigenvalue weighted by atomic mass is 9.72. The van der Waals surface area contributed by atoms with E-state index >= 15 is 0 Å². The highest BCUT2D eigenvalue weighted by molar-refractivity contribution is 7.48. The molecular weight excluding hydrogens is 1790 g/mol. The number of rotatable bonds is 55. The molecule has 3 heterocycles. The van der Waals surface area contributed by atoms with E-state index in [9.17, 15) is 35.0 Å². The minimum Gasteiger partial charge on any atom is -0.394 e. The summed E-state index contributed by atoms with van der Waals surface area (Å²) in [4.78, 5) is 12.5. The first-order chi connectivity index (χ1) is 65.6. The third kappa shape index (κ3) is 39.2. The van der Waals surface area contributed by atoms with Gasteiger partial charge in [0.2, 0.25) is 6.54 Å². The van der Waals surface area contributed by atoms with Gasteiger partial charge in [0.1, 0.15) is 31.0 Å². The molecule has 3 fully saturated rings. The van der Waals surface area contributed by atoms with Gasteiger partial charge in [-0.2, -0.15) is 0 Å². The second-order valence-electron chi connectivity index (χ2n) is 37.1. The van der Waals surface area contributed by atoms with Crippen LogP contribution in [-0.4, -0.2) is 166 Å². The standard InChI is InChI=1S/C33H49NO7P2.C29H40N3O6P.C29H41N3O5.C13H25N3O/c1-7-32(37-23-30-14-10-8-11-15-30)29(5)27(3)22-40-43(36,39-20-19-34-6)41-25-33(28(4)26(2)18-21-42-35)38-24-31-16-12-9-13-17-31;1-4-24-20(2)21(3)27(31-32-30)29(37-24)38-28(26(17-33)36-19-23-13-9-6-10-14-23)25(15-16-39-34)35-18-22-11-7-5-8-12-22;1-5-24-20(3)21(4)27(31-32-30)29(36-24)37-28(25(6-2)34-18-22-13-9-7-10-14-22)26(17-33)35-19-23-15-11-8-12-16-23;1-7-10-8(2)9(3)11(15-16-14)12(17-10)13(4,5)6/h8-17,26-29,32-33H,7,18-25H2,1-5H3;5-14,20-21,24-29,33H,4,15-19H2,1-3H3;7-16,20-21,24-29,33H,5-6,17-19H2,1-4H3;8-12H,7H2,1-6H3/t26-,27-,28-,29-,32+,33+,43?;20-,21-,24?,25+,26-,27?,28+,29-;20-,21-,24?,25-,26+,27?,28-,29-;8-,9-,10?,11?,12+/m1000/s1. The molecule has 0 aliphatic carbocycles. The van der Waals surface area contributed by atoms with Crippen LogP contribution in [0.4, 0.5) is 0 Å². The average molecular weight is 1940 g/mol. The van der Waals surface area contributed by atoms with Crippen molar-refractivity contribution in [3.8, 4) is 0 Å². The van der Waals surface area contributed by atoms with Crippen molar-refractivity contribution in [2.75, 3.05) is 51.9 Å². The summed E-state index contributed by atoms with van der Waals surface area (Å²) < 4.78 is 123. The van der Waals surface area contributed by atoms with Gasteiger partial charge in [0.25, 0.3) is 0 Å². The van der Waals surface area contributed by atoms with E-state index in [-0.39, 0.29) is 152 Å². The number of aliphatic hydroxyl groups excluding tert-OH is 2. The highest BCUT2D eigenvalue weighted by atomic mass is 31.2. The Bertz CT molecular complexity index is 4430. The molecule has 136 heavy (non-hydrogen) atoms. The van der Waals surface area contributed by atoms with Gasteiger partial charge < -0.3 is 67.2 Å². The molecule has 2 N–H and O–H groups in total. The molecule has 750 valence electrons. The molecule has 6 aromatic rings. The lowest BCUT2D eigenvalue weighted by Gasteiger charge is -2.48. The molecule has 0 spiro atoms. The van der Waals surface area contributed by atoms with E-state index < -0.39 is 75.2 Å². The zero-order valence-electron chi connectivity index (χ0n) is 83.4. The van der Waals surface area contributed by atoms with Gasteiger partial charge in [-0.15, -0.1) is 0 Å². The molecule has 29 nitrogen and oxygen atoms in total. The zero-order valence-corrected chi connectivity index (χ0v) is 86.1. The largest absolute Gasteiger partial charge is 0.475 e. The third-order valence-corrected chi connectivity index (χ3v) is 29.1. The van der Waals surface area contributed by atoms with Crippen LogP contribution >= 0.6 is 24.7 Å². The number of azide groups is 3. The third-order valence-electron chi connectivity index (χ3n) is 26.8. The first kappa shape index (κ1) is 117.